The van der Waals surface area contributed by atoms with E-state index >= 15 is 0 Å². The molecule has 5 nitrogen and oxygen atoms in total. The minimum Gasteiger partial charge on any atom is -0.384 e. The normalized spacial score (nSPS) is 29.4. The second kappa shape index (κ2) is 1.88. The highest BCUT2D eigenvalue weighted by Crippen LogP contribution is 2.08. The number of hydrogen-bond donors (Lipinski definition) is 4. The van der Waals surface area contributed by atoms with Crippen molar-refractivity contribution in [2.24, 2.45) is 10.7 Å². The number of nitrogens with two attached hydrogens (primary N) is 1. The van der Waals surface area contributed by atoms with Gasteiger partial charge < -0.3 is 16.4 Å². The van der Waals surface area contributed by atoms with Gasteiger partial charge in [-0.3, -0.25) is 10.3 Å². The zero-order valence-electron chi connectivity index (χ0n) is 5.39. The summed E-state index contributed by atoms with van der Waals surface area (Å²) in [5.41, 5.74) is 6.53. The highest BCUT2D eigenvalue weighted by atomic mass is 15.3. The van der Waals surface area contributed by atoms with Crippen LogP contribution < -0.4 is 21.7 Å². The van der Waals surface area contributed by atoms with Gasteiger partial charge in [0.15, 0.2) is 0 Å². The first-order chi connectivity index (χ1) is 4.88. The molecule has 1 unspecified atom stereocenters. The van der Waals surface area contributed by atoms with E-state index in [1.165, 1.54) is 0 Å². The molecule has 10 heavy (non-hydrogen) atoms. The lowest BCUT2D eigenvalue weighted by molar-refractivity contribution is 0.513. The van der Waals surface area contributed by atoms with Gasteiger partial charge in [-0.25, -0.2) is 0 Å². The molecule has 0 bridgehead atoms. The molecule has 0 aliphatic carbocycles. The molecule has 2 aliphatic rings. The maximum atomic E-state index is 5.61. The van der Waals surface area contributed by atoms with Crippen molar-refractivity contribution < 1.29 is 0 Å². The van der Waals surface area contributed by atoms with Crippen LogP contribution in [0.25, 0.3) is 0 Å². The molecular formula is C5H9N5. The standard InChI is InChI=1S/C5H9N5/c6-4-3-5(9-1-7-3)10-2-8-4/h1,5,8,10H,2,6H2,(H,7,9). The fraction of sp³-hybridized carbons (Fsp3) is 0.400. The summed E-state index contributed by atoms with van der Waals surface area (Å²) in [6.45, 7) is 0.680. The van der Waals surface area contributed by atoms with Crippen LogP contribution in [-0.4, -0.2) is 19.2 Å². The average Bonchev–Trinajstić information content (AvgIpc) is 2.36. The summed E-state index contributed by atoms with van der Waals surface area (Å²) in [6, 6.07) is 0. The molecule has 2 heterocycles. The summed E-state index contributed by atoms with van der Waals surface area (Å²) in [6.07, 6.45) is 1.69. The van der Waals surface area contributed by atoms with Gasteiger partial charge in [0.25, 0.3) is 0 Å². The SMILES string of the molecule is NC1=C2NC=NC2NCN1. The van der Waals surface area contributed by atoms with Crippen LogP contribution in [0.1, 0.15) is 0 Å². The molecule has 54 valence electrons. The first-order valence-electron chi connectivity index (χ1n) is 3.13. The number of hydrogen-bond acceptors (Lipinski definition) is 5. The largest absolute Gasteiger partial charge is 0.384 e. The Kier molecular flexibility index (Phi) is 1.04. The zero-order chi connectivity index (χ0) is 6.97. The Morgan fingerprint density at radius 1 is 1.70 bits per heavy atom. The van der Waals surface area contributed by atoms with E-state index in [2.05, 4.69) is 20.9 Å². The van der Waals surface area contributed by atoms with E-state index < -0.39 is 0 Å². The third-order valence-corrected chi connectivity index (χ3v) is 1.58. The van der Waals surface area contributed by atoms with Crippen LogP contribution >= 0.6 is 0 Å². The smallest absolute Gasteiger partial charge is 0.147 e. The lowest BCUT2D eigenvalue weighted by atomic mass is 10.3. The maximum Gasteiger partial charge on any atom is 0.147 e. The highest BCUT2D eigenvalue weighted by molar-refractivity contribution is 5.63. The van der Waals surface area contributed by atoms with Gasteiger partial charge in [0.05, 0.1) is 18.7 Å². The van der Waals surface area contributed by atoms with Crippen LogP contribution in [0.3, 0.4) is 0 Å². The fourth-order valence-corrected chi connectivity index (χ4v) is 1.05. The van der Waals surface area contributed by atoms with Crippen molar-refractivity contribution in [3.05, 3.63) is 11.5 Å². The number of rotatable bonds is 0. The van der Waals surface area contributed by atoms with E-state index in [9.17, 15) is 0 Å². The summed E-state index contributed by atoms with van der Waals surface area (Å²) in [7, 11) is 0. The Balaban J connectivity index is 2.30. The highest BCUT2D eigenvalue weighted by Gasteiger charge is 2.22. The summed E-state index contributed by atoms with van der Waals surface area (Å²) < 4.78 is 0. The Morgan fingerprint density at radius 3 is 3.40 bits per heavy atom. The third kappa shape index (κ3) is 0.640. The monoisotopic (exact) mass is 139 g/mol. The Morgan fingerprint density at radius 2 is 2.60 bits per heavy atom. The first-order valence-corrected chi connectivity index (χ1v) is 3.13. The van der Waals surface area contributed by atoms with E-state index in [0.29, 0.717) is 12.5 Å². The molecule has 0 fully saturated rings. The molecule has 0 saturated heterocycles. The Labute approximate surface area is 58.4 Å². The van der Waals surface area contributed by atoms with Gasteiger partial charge in [-0.2, -0.15) is 0 Å². The van der Waals surface area contributed by atoms with Crippen molar-refractivity contribution in [2.75, 3.05) is 6.67 Å². The van der Waals surface area contributed by atoms with Crippen LogP contribution in [0.15, 0.2) is 16.5 Å². The van der Waals surface area contributed by atoms with Gasteiger partial charge in [-0.15, -0.1) is 0 Å². The molecule has 5 heteroatoms. The van der Waals surface area contributed by atoms with Gasteiger partial charge in [0, 0.05) is 0 Å². The predicted molar refractivity (Wildman–Crippen MR) is 37.8 cm³/mol. The quantitative estimate of drug-likeness (QED) is 0.320. The molecule has 0 aromatic rings. The number of nitrogens with one attached hydrogen (secondary N) is 3. The Hall–Kier alpha value is -1.23. The third-order valence-electron chi connectivity index (χ3n) is 1.58. The number of nitrogens with zero attached hydrogens (tertiary/aromatic N) is 1. The van der Waals surface area contributed by atoms with Crippen LogP contribution in [-0.2, 0) is 0 Å². The minimum absolute atomic E-state index is 0.0428. The summed E-state index contributed by atoms with van der Waals surface area (Å²) in [5.74, 6) is 0.682. The molecule has 0 spiro atoms. The maximum absolute atomic E-state index is 5.61. The molecular weight excluding hydrogens is 130 g/mol. The van der Waals surface area contributed by atoms with Crippen molar-refractivity contribution in [2.45, 2.75) is 6.17 Å². The molecule has 0 saturated carbocycles. The fourth-order valence-electron chi connectivity index (χ4n) is 1.05. The molecule has 0 radical (unpaired) electrons. The first kappa shape index (κ1) is 5.55. The van der Waals surface area contributed by atoms with Crippen molar-refractivity contribution >= 4 is 6.34 Å². The molecule has 0 aromatic carbocycles. The van der Waals surface area contributed by atoms with Crippen LogP contribution in [0.2, 0.25) is 0 Å². The number of fused-ring (bicyclic) bond motifs is 1. The minimum atomic E-state index is 0.0428. The van der Waals surface area contributed by atoms with Gasteiger partial charge in [-0.1, -0.05) is 0 Å². The number of aliphatic imine (C=N–C) groups is 1. The van der Waals surface area contributed by atoms with Gasteiger partial charge >= 0.3 is 0 Å². The lowest BCUT2D eigenvalue weighted by Crippen LogP contribution is -2.46. The Bertz CT molecular complexity index is 206. The van der Waals surface area contributed by atoms with Crippen molar-refractivity contribution in [1.29, 1.82) is 0 Å². The molecule has 0 aromatic heterocycles. The zero-order valence-corrected chi connectivity index (χ0v) is 5.39. The lowest BCUT2D eigenvalue weighted by Gasteiger charge is -2.21. The molecule has 5 N–H and O–H groups in total. The van der Waals surface area contributed by atoms with Crippen molar-refractivity contribution in [3.8, 4) is 0 Å². The van der Waals surface area contributed by atoms with E-state index in [-0.39, 0.29) is 6.17 Å². The van der Waals surface area contributed by atoms with Crippen molar-refractivity contribution in [3.63, 3.8) is 0 Å². The average molecular weight is 139 g/mol. The van der Waals surface area contributed by atoms with E-state index in [4.69, 9.17) is 5.73 Å². The summed E-state index contributed by atoms with van der Waals surface area (Å²) in [5, 5.41) is 9.01. The second-order valence-electron chi connectivity index (χ2n) is 2.21. The summed E-state index contributed by atoms with van der Waals surface area (Å²) >= 11 is 0. The second-order valence-corrected chi connectivity index (χ2v) is 2.21. The predicted octanol–water partition coefficient (Wildman–Crippen LogP) is -1.78. The summed E-state index contributed by atoms with van der Waals surface area (Å²) in [4.78, 5) is 4.08. The molecule has 1 atom stereocenters. The van der Waals surface area contributed by atoms with E-state index in [1.54, 1.807) is 6.34 Å². The van der Waals surface area contributed by atoms with Crippen LogP contribution in [0.4, 0.5) is 0 Å². The molecule has 2 rings (SSSR count). The van der Waals surface area contributed by atoms with Gasteiger partial charge in [0.2, 0.25) is 0 Å². The topological polar surface area (TPSA) is 74.5 Å². The van der Waals surface area contributed by atoms with Crippen molar-refractivity contribution in [1.82, 2.24) is 16.0 Å². The van der Waals surface area contributed by atoms with Gasteiger partial charge in [0.1, 0.15) is 12.0 Å². The molecule has 2 aliphatic heterocycles. The van der Waals surface area contributed by atoms with Crippen LogP contribution in [0.5, 0.6) is 0 Å². The van der Waals surface area contributed by atoms with E-state index in [1.807, 2.05) is 0 Å². The van der Waals surface area contributed by atoms with Gasteiger partial charge in [-0.05, 0) is 0 Å². The van der Waals surface area contributed by atoms with E-state index in [0.717, 1.165) is 5.70 Å². The molecule has 0 amide bonds. The van der Waals surface area contributed by atoms with Crippen LogP contribution in [0, 0.1) is 0 Å².